The average molecular weight is 458 g/mol. The first-order chi connectivity index (χ1) is 15.1. The zero-order valence-electron chi connectivity index (χ0n) is 21.9. The molecule has 182 valence electrons. The van der Waals surface area contributed by atoms with Gasteiger partial charge >= 0.3 is 0 Å². The minimum absolute atomic E-state index is 0.0494. The molecule has 4 aliphatic carbocycles. The summed E-state index contributed by atoms with van der Waals surface area (Å²) in [5.74, 6) is 5.54. The zero-order valence-corrected chi connectivity index (χ0v) is 22.8. The summed E-state index contributed by atoms with van der Waals surface area (Å²) in [4.78, 5) is 0. The summed E-state index contributed by atoms with van der Waals surface area (Å²) in [7, 11) is 0. The van der Waals surface area contributed by atoms with Gasteiger partial charge in [-0.25, -0.2) is 0 Å². The quantitative estimate of drug-likeness (QED) is 0.305. The van der Waals surface area contributed by atoms with Crippen LogP contribution < -0.4 is 5.73 Å². The number of hydrogen-bond donors (Lipinski definition) is 2. The lowest BCUT2D eigenvalue weighted by Gasteiger charge is -2.61. The van der Waals surface area contributed by atoms with Gasteiger partial charge in [0.25, 0.3) is 0 Å². The van der Waals surface area contributed by atoms with Crippen molar-refractivity contribution in [2.75, 3.05) is 5.75 Å². The average Bonchev–Trinajstić information content (AvgIpc) is 3.08. The second kappa shape index (κ2) is 9.10. The van der Waals surface area contributed by atoms with Gasteiger partial charge in [-0.3, -0.25) is 0 Å². The van der Waals surface area contributed by atoms with E-state index < -0.39 is 0 Å². The van der Waals surface area contributed by atoms with Crippen LogP contribution in [-0.2, 0) is 0 Å². The predicted molar refractivity (Wildman–Crippen MR) is 143 cm³/mol. The van der Waals surface area contributed by atoms with Crippen molar-refractivity contribution in [1.29, 1.82) is 0 Å². The Morgan fingerprint density at radius 3 is 2.53 bits per heavy atom. The Kier molecular flexibility index (Phi) is 7.08. The van der Waals surface area contributed by atoms with E-state index in [9.17, 15) is 0 Å². The van der Waals surface area contributed by atoms with Gasteiger partial charge in [0.15, 0.2) is 0 Å². The molecule has 0 aromatic carbocycles. The van der Waals surface area contributed by atoms with Gasteiger partial charge in [0.05, 0.1) is 0 Å². The molecule has 0 spiro atoms. The molecule has 1 nitrogen and oxygen atoms in total. The molecule has 0 aromatic heterocycles. The summed E-state index contributed by atoms with van der Waals surface area (Å²) < 4.78 is 0. The molecule has 0 saturated heterocycles. The lowest BCUT2D eigenvalue weighted by Crippen LogP contribution is -2.63. The first-order valence-electron chi connectivity index (χ1n) is 13.9. The molecule has 0 bridgehead atoms. The second-order valence-corrected chi connectivity index (χ2v) is 13.3. The normalized spacial score (nSPS) is 45.2. The summed E-state index contributed by atoms with van der Waals surface area (Å²) >= 11 is 5.07. The van der Waals surface area contributed by atoms with Crippen molar-refractivity contribution >= 4 is 12.6 Å². The van der Waals surface area contributed by atoms with E-state index in [0.29, 0.717) is 17.3 Å². The number of rotatable bonds is 6. The zero-order chi connectivity index (χ0) is 23.3. The van der Waals surface area contributed by atoms with Crippen LogP contribution in [0.1, 0.15) is 106 Å². The third-order valence-electron chi connectivity index (χ3n) is 11.5. The Hall–Kier alpha value is -0.210. The maximum atomic E-state index is 7.53. The number of fused-ring (bicyclic) bond motifs is 5. The highest BCUT2D eigenvalue weighted by Crippen LogP contribution is 2.68. The minimum atomic E-state index is -0.0494. The molecule has 3 saturated carbocycles. The first kappa shape index (κ1) is 24.9. The van der Waals surface area contributed by atoms with Crippen molar-refractivity contribution in [3.05, 3.63) is 23.3 Å². The molecular formula is C30H51NS. The van der Waals surface area contributed by atoms with E-state index in [0.717, 1.165) is 29.4 Å². The molecule has 4 rings (SSSR count). The topological polar surface area (TPSA) is 26.0 Å². The van der Waals surface area contributed by atoms with Crippen LogP contribution in [0.5, 0.6) is 0 Å². The van der Waals surface area contributed by atoms with Crippen LogP contribution in [0.15, 0.2) is 23.3 Å². The molecule has 0 amide bonds. The SMILES string of the molecule is C/C=C(/CC[C@@H](C)[C@@]1(N)CCC2C3CC=C4C[C@@H](C)CC[C@]4(C)C3CC[C@@]21CS)C(C)C. The molecule has 2 heteroatoms. The van der Waals surface area contributed by atoms with E-state index in [1.165, 1.54) is 64.2 Å². The van der Waals surface area contributed by atoms with Crippen molar-refractivity contribution in [3.63, 3.8) is 0 Å². The van der Waals surface area contributed by atoms with Gasteiger partial charge in [-0.15, -0.1) is 0 Å². The number of hydrogen-bond acceptors (Lipinski definition) is 2. The van der Waals surface area contributed by atoms with Crippen LogP contribution in [0.3, 0.4) is 0 Å². The lowest BCUT2D eigenvalue weighted by molar-refractivity contribution is -0.0579. The van der Waals surface area contributed by atoms with E-state index in [1.807, 2.05) is 5.57 Å². The van der Waals surface area contributed by atoms with E-state index in [-0.39, 0.29) is 11.0 Å². The van der Waals surface area contributed by atoms with Gasteiger partial charge in [-0.1, -0.05) is 57.9 Å². The van der Waals surface area contributed by atoms with Crippen molar-refractivity contribution in [2.45, 2.75) is 111 Å². The maximum absolute atomic E-state index is 7.53. The Bertz CT molecular complexity index is 752. The van der Waals surface area contributed by atoms with Crippen LogP contribution in [0.2, 0.25) is 0 Å². The molecular weight excluding hydrogens is 406 g/mol. The Labute approximate surface area is 204 Å². The first-order valence-corrected chi connectivity index (χ1v) is 14.5. The summed E-state index contributed by atoms with van der Waals surface area (Å²) in [5, 5.41) is 0. The van der Waals surface area contributed by atoms with Crippen LogP contribution in [0.25, 0.3) is 0 Å². The molecule has 3 unspecified atom stereocenters. The molecule has 3 fully saturated rings. The second-order valence-electron chi connectivity index (χ2n) is 13.0. The number of thiol groups is 1. The monoisotopic (exact) mass is 457 g/mol. The number of allylic oxidation sites excluding steroid dienone is 4. The molecule has 8 atom stereocenters. The van der Waals surface area contributed by atoms with Gasteiger partial charge in [-0.2, -0.15) is 12.6 Å². The molecule has 0 radical (unpaired) electrons. The summed E-state index contributed by atoms with van der Waals surface area (Å²) in [6.07, 6.45) is 18.2. The van der Waals surface area contributed by atoms with Gasteiger partial charge in [0.1, 0.15) is 0 Å². The van der Waals surface area contributed by atoms with Crippen molar-refractivity contribution < 1.29 is 0 Å². The number of nitrogens with two attached hydrogens (primary N) is 1. The Morgan fingerprint density at radius 1 is 1.16 bits per heavy atom. The summed E-state index contributed by atoms with van der Waals surface area (Å²) in [5.41, 5.74) is 11.6. The minimum Gasteiger partial charge on any atom is -0.324 e. The van der Waals surface area contributed by atoms with Crippen molar-refractivity contribution in [1.82, 2.24) is 0 Å². The van der Waals surface area contributed by atoms with E-state index in [4.69, 9.17) is 18.4 Å². The fourth-order valence-corrected chi connectivity index (χ4v) is 9.94. The predicted octanol–water partition coefficient (Wildman–Crippen LogP) is 8.21. The molecule has 0 aliphatic heterocycles. The van der Waals surface area contributed by atoms with Crippen molar-refractivity contribution in [2.24, 2.45) is 52.1 Å². The third kappa shape index (κ3) is 3.69. The van der Waals surface area contributed by atoms with Gasteiger partial charge in [0, 0.05) is 11.0 Å². The van der Waals surface area contributed by atoms with Crippen molar-refractivity contribution in [3.8, 4) is 0 Å². The fraction of sp³-hybridized carbons (Fsp3) is 0.867. The van der Waals surface area contributed by atoms with Crippen LogP contribution in [0.4, 0.5) is 0 Å². The van der Waals surface area contributed by atoms with Crippen LogP contribution in [-0.4, -0.2) is 11.3 Å². The molecule has 0 aromatic rings. The highest BCUT2D eigenvalue weighted by Gasteiger charge is 2.65. The molecule has 32 heavy (non-hydrogen) atoms. The van der Waals surface area contributed by atoms with Gasteiger partial charge < -0.3 is 5.73 Å². The summed E-state index contributed by atoms with van der Waals surface area (Å²) in [6, 6.07) is 0. The molecule has 4 aliphatic rings. The van der Waals surface area contributed by atoms with Crippen LogP contribution >= 0.6 is 12.6 Å². The largest absolute Gasteiger partial charge is 0.324 e. The van der Waals surface area contributed by atoms with E-state index in [1.54, 1.807) is 5.57 Å². The van der Waals surface area contributed by atoms with Gasteiger partial charge in [0.2, 0.25) is 0 Å². The van der Waals surface area contributed by atoms with Crippen LogP contribution in [0, 0.1) is 46.3 Å². The summed E-state index contributed by atoms with van der Waals surface area (Å²) in [6.45, 7) is 14.4. The highest BCUT2D eigenvalue weighted by molar-refractivity contribution is 7.80. The molecule has 2 N–H and O–H groups in total. The molecule has 0 heterocycles. The van der Waals surface area contributed by atoms with Gasteiger partial charge in [-0.05, 0) is 118 Å². The Balaban J connectivity index is 1.58. The standard InChI is InChI=1S/C30H51NS/c1-7-23(20(2)3)9-8-22(5)30(31)17-14-27-25-11-10-24-18-21(4)12-15-28(24,6)26(25)13-16-29(27,30)19-32/h7,10,20-22,25-27,32H,8-9,11-19,31H2,1-6H3/b23-7-/t21-,22+,25?,26?,27?,28-,29+,30-/m0/s1. The Morgan fingerprint density at radius 2 is 1.88 bits per heavy atom. The fourth-order valence-electron chi connectivity index (χ4n) is 9.26. The highest BCUT2D eigenvalue weighted by atomic mass is 32.1. The smallest absolute Gasteiger partial charge is 0.0248 e. The van der Waals surface area contributed by atoms with E-state index in [2.05, 4.69) is 53.7 Å². The van der Waals surface area contributed by atoms with E-state index >= 15 is 0 Å². The lowest BCUT2D eigenvalue weighted by atomic mass is 9.45. The maximum Gasteiger partial charge on any atom is 0.0248 e. The third-order valence-corrected chi connectivity index (χ3v) is 12.1.